The fraction of sp³-hybridized carbons (Fsp3) is 0.435. The molecular formula is C23H26F2N2O4S. The van der Waals surface area contributed by atoms with Gasteiger partial charge in [-0.05, 0) is 61.1 Å². The third-order valence-electron chi connectivity index (χ3n) is 6.09. The van der Waals surface area contributed by atoms with E-state index in [0.717, 1.165) is 37.0 Å². The van der Waals surface area contributed by atoms with Gasteiger partial charge in [-0.3, -0.25) is 4.79 Å². The summed E-state index contributed by atoms with van der Waals surface area (Å²) >= 11 is 0. The molecule has 4 rings (SSSR count). The van der Waals surface area contributed by atoms with E-state index in [1.54, 1.807) is 11.0 Å². The Morgan fingerprint density at radius 3 is 2.41 bits per heavy atom. The van der Waals surface area contributed by atoms with Crippen molar-refractivity contribution in [2.75, 3.05) is 39.4 Å². The van der Waals surface area contributed by atoms with E-state index in [-0.39, 0.29) is 29.4 Å². The van der Waals surface area contributed by atoms with E-state index in [1.807, 2.05) is 6.07 Å². The van der Waals surface area contributed by atoms with Crippen molar-refractivity contribution in [2.45, 2.75) is 24.2 Å². The summed E-state index contributed by atoms with van der Waals surface area (Å²) in [5.41, 5.74) is 0.685. The number of nitrogens with zero attached hydrogens (tertiary/aromatic N) is 2. The van der Waals surface area contributed by atoms with Crippen LogP contribution in [0.2, 0.25) is 0 Å². The number of rotatable bonds is 5. The number of piperidine rings is 1. The van der Waals surface area contributed by atoms with Gasteiger partial charge in [-0.1, -0.05) is 12.1 Å². The van der Waals surface area contributed by atoms with E-state index in [2.05, 4.69) is 0 Å². The summed E-state index contributed by atoms with van der Waals surface area (Å²) in [6, 6.07) is 9.88. The van der Waals surface area contributed by atoms with Gasteiger partial charge >= 0.3 is 0 Å². The lowest BCUT2D eigenvalue weighted by Gasteiger charge is -2.32. The molecule has 2 aliphatic heterocycles. The number of carbonyl (C=O) groups excluding carboxylic acids is 1. The highest BCUT2D eigenvalue weighted by atomic mass is 32.2. The summed E-state index contributed by atoms with van der Waals surface area (Å²) in [7, 11) is -3.83. The quantitative estimate of drug-likeness (QED) is 0.682. The molecule has 0 unspecified atom stereocenters. The molecule has 0 radical (unpaired) electrons. The molecule has 0 aliphatic carbocycles. The molecule has 2 heterocycles. The van der Waals surface area contributed by atoms with Crippen LogP contribution in [0.15, 0.2) is 47.4 Å². The first-order valence-electron chi connectivity index (χ1n) is 10.8. The van der Waals surface area contributed by atoms with Gasteiger partial charge in [0.05, 0.1) is 23.7 Å². The van der Waals surface area contributed by atoms with E-state index < -0.39 is 21.7 Å². The highest BCUT2D eigenvalue weighted by molar-refractivity contribution is 7.89. The van der Waals surface area contributed by atoms with Crippen molar-refractivity contribution < 1.29 is 26.7 Å². The smallest absolute Gasteiger partial charge is 0.256 e. The topological polar surface area (TPSA) is 66.9 Å². The average molecular weight is 465 g/mol. The van der Waals surface area contributed by atoms with Crippen LogP contribution in [0.3, 0.4) is 0 Å². The summed E-state index contributed by atoms with van der Waals surface area (Å²) in [6.07, 6.45) is 2.16. The van der Waals surface area contributed by atoms with Crippen LogP contribution in [0.5, 0.6) is 0 Å². The highest BCUT2D eigenvalue weighted by Gasteiger charge is 2.30. The molecule has 2 fully saturated rings. The van der Waals surface area contributed by atoms with Gasteiger partial charge in [0.2, 0.25) is 10.0 Å². The Bertz CT molecular complexity index is 1080. The highest BCUT2D eigenvalue weighted by Crippen LogP contribution is 2.25. The van der Waals surface area contributed by atoms with E-state index >= 15 is 0 Å². The Kier molecular flexibility index (Phi) is 6.88. The summed E-state index contributed by atoms with van der Waals surface area (Å²) in [5.74, 6) is -1.21. The van der Waals surface area contributed by atoms with E-state index in [4.69, 9.17) is 4.74 Å². The van der Waals surface area contributed by atoms with Gasteiger partial charge in [-0.25, -0.2) is 17.2 Å². The molecule has 2 saturated heterocycles. The Labute approximate surface area is 186 Å². The van der Waals surface area contributed by atoms with Crippen LogP contribution >= 0.6 is 0 Å². The van der Waals surface area contributed by atoms with E-state index in [1.165, 1.54) is 22.5 Å². The van der Waals surface area contributed by atoms with Gasteiger partial charge in [-0.15, -0.1) is 0 Å². The monoisotopic (exact) mass is 464 g/mol. The average Bonchev–Trinajstić information content (AvgIpc) is 2.80. The number of benzene rings is 2. The largest absolute Gasteiger partial charge is 0.379 e. The maximum Gasteiger partial charge on any atom is 0.256 e. The third-order valence-corrected chi connectivity index (χ3v) is 7.99. The maximum atomic E-state index is 14.5. The summed E-state index contributed by atoms with van der Waals surface area (Å²) < 4.78 is 60.2. The zero-order valence-corrected chi connectivity index (χ0v) is 18.5. The zero-order chi connectivity index (χ0) is 22.7. The van der Waals surface area contributed by atoms with Crippen molar-refractivity contribution >= 4 is 15.9 Å². The molecule has 0 saturated carbocycles. The van der Waals surface area contributed by atoms with Crippen molar-refractivity contribution in [3.63, 3.8) is 0 Å². The molecule has 0 aromatic heterocycles. The molecule has 32 heavy (non-hydrogen) atoms. The molecule has 0 N–H and O–H groups in total. The molecule has 1 amide bonds. The minimum Gasteiger partial charge on any atom is -0.379 e. The van der Waals surface area contributed by atoms with Crippen LogP contribution in [0, 0.1) is 17.6 Å². The minimum absolute atomic E-state index is 0.0925. The van der Waals surface area contributed by atoms with Crippen molar-refractivity contribution in [3.8, 4) is 0 Å². The number of sulfonamides is 1. The number of halogens is 2. The molecule has 2 aliphatic rings. The molecule has 0 atom stereocenters. The second-order valence-corrected chi connectivity index (χ2v) is 10.2. The predicted octanol–water partition coefficient (Wildman–Crippen LogP) is 3.08. The Hall–Kier alpha value is -2.36. The van der Waals surface area contributed by atoms with Gasteiger partial charge < -0.3 is 9.64 Å². The third kappa shape index (κ3) is 5.00. The van der Waals surface area contributed by atoms with Crippen molar-refractivity contribution in [1.82, 2.24) is 9.21 Å². The van der Waals surface area contributed by atoms with Gasteiger partial charge in [-0.2, -0.15) is 4.31 Å². The fourth-order valence-electron chi connectivity index (χ4n) is 4.27. The number of ether oxygens (including phenoxy) is 1. The lowest BCUT2D eigenvalue weighted by atomic mass is 9.90. The Morgan fingerprint density at radius 1 is 1.00 bits per heavy atom. The van der Waals surface area contributed by atoms with Crippen LogP contribution in [0.1, 0.15) is 28.8 Å². The van der Waals surface area contributed by atoms with Crippen molar-refractivity contribution in [1.29, 1.82) is 0 Å². The summed E-state index contributed by atoms with van der Waals surface area (Å²) in [4.78, 5) is 14.5. The van der Waals surface area contributed by atoms with Crippen LogP contribution in [0.25, 0.3) is 0 Å². The van der Waals surface area contributed by atoms with Gasteiger partial charge in [0, 0.05) is 26.2 Å². The number of amides is 1. The first-order valence-corrected chi connectivity index (χ1v) is 12.2. The first kappa shape index (κ1) is 22.8. The normalized spacial score (nSPS) is 18.6. The second-order valence-electron chi connectivity index (χ2n) is 8.23. The molecule has 6 nitrogen and oxygen atoms in total. The lowest BCUT2D eigenvalue weighted by Crippen LogP contribution is -2.41. The Morgan fingerprint density at radius 2 is 1.72 bits per heavy atom. The molecule has 2 aromatic rings. The second kappa shape index (κ2) is 9.64. The van der Waals surface area contributed by atoms with Crippen LogP contribution < -0.4 is 0 Å². The maximum absolute atomic E-state index is 14.5. The summed E-state index contributed by atoms with van der Waals surface area (Å²) in [6.45, 7) is 1.94. The number of likely N-dealkylation sites (tertiary alicyclic amines) is 1. The van der Waals surface area contributed by atoms with Gasteiger partial charge in [0.1, 0.15) is 11.6 Å². The minimum atomic E-state index is -3.83. The number of hydrogen-bond acceptors (Lipinski definition) is 4. The van der Waals surface area contributed by atoms with Crippen molar-refractivity contribution in [2.24, 2.45) is 5.92 Å². The number of hydrogen-bond donors (Lipinski definition) is 0. The number of morpholine rings is 1. The molecule has 0 spiro atoms. The van der Waals surface area contributed by atoms with E-state index in [9.17, 15) is 22.0 Å². The SMILES string of the molecule is O=C(c1cc(S(=O)(=O)N2CCOCC2)ccc1F)N1CCC(Cc2cccc(F)c2)CC1. The Balaban J connectivity index is 1.44. The molecule has 172 valence electrons. The first-order chi connectivity index (χ1) is 15.3. The zero-order valence-electron chi connectivity index (χ0n) is 17.7. The van der Waals surface area contributed by atoms with Gasteiger partial charge in [0.15, 0.2) is 0 Å². The molecule has 9 heteroatoms. The van der Waals surface area contributed by atoms with E-state index in [0.29, 0.717) is 32.2 Å². The molecular weight excluding hydrogens is 438 g/mol. The van der Waals surface area contributed by atoms with Crippen LogP contribution in [-0.2, 0) is 21.2 Å². The molecule has 0 bridgehead atoms. The fourth-order valence-corrected chi connectivity index (χ4v) is 5.71. The number of carbonyl (C=O) groups is 1. The molecule has 2 aromatic carbocycles. The summed E-state index contributed by atoms with van der Waals surface area (Å²) in [5, 5.41) is 0. The van der Waals surface area contributed by atoms with Gasteiger partial charge in [0.25, 0.3) is 5.91 Å². The van der Waals surface area contributed by atoms with Crippen molar-refractivity contribution in [3.05, 3.63) is 65.2 Å². The standard InChI is InChI=1S/C23H26F2N2O4S/c24-19-3-1-2-18(15-19)14-17-6-8-26(9-7-17)23(28)21-16-20(4-5-22(21)25)32(29,30)27-10-12-31-13-11-27/h1-5,15-17H,6-14H2. The van der Waals surface area contributed by atoms with Crippen LogP contribution in [-0.4, -0.2) is 62.9 Å². The predicted molar refractivity (Wildman–Crippen MR) is 115 cm³/mol. The lowest BCUT2D eigenvalue weighted by molar-refractivity contribution is 0.0685. The van der Waals surface area contributed by atoms with Crippen LogP contribution in [0.4, 0.5) is 8.78 Å².